The van der Waals surface area contributed by atoms with E-state index in [1.807, 2.05) is 41.3 Å². The van der Waals surface area contributed by atoms with Crippen molar-refractivity contribution < 1.29 is 14.6 Å². The third-order valence-electron chi connectivity index (χ3n) is 7.13. The highest BCUT2D eigenvalue weighted by Crippen LogP contribution is 2.35. The number of hydrogen-bond donors (Lipinski definition) is 2. The molecule has 0 aliphatic carbocycles. The number of carbonyl (C=O) groups excluding carboxylic acids is 1. The molecule has 2 amide bonds. The molecule has 5 rings (SSSR count). The van der Waals surface area contributed by atoms with Gasteiger partial charge in [-0.1, -0.05) is 24.0 Å². The van der Waals surface area contributed by atoms with E-state index < -0.39 is 0 Å². The van der Waals surface area contributed by atoms with E-state index in [0.717, 1.165) is 61.6 Å². The fourth-order valence-corrected chi connectivity index (χ4v) is 5.17. The molecule has 2 N–H and O–H groups in total. The summed E-state index contributed by atoms with van der Waals surface area (Å²) in [5.74, 6) is 7.75. The van der Waals surface area contributed by atoms with E-state index in [0.29, 0.717) is 12.0 Å². The van der Waals surface area contributed by atoms with Crippen LogP contribution in [0.25, 0.3) is 0 Å². The fraction of sp³-hybridized carbons (Fsp3) is 0.300. The van der Waals surface area contributed by atoms with Crippen molar-refractivity contribution in [3.8, 4) is 23.3 Å². The van der Waals surface area contributed by atoms with Gasteiger partial charge in [-0.25, -0.2) is 4.79 Å². The number of nitrogens with one attached hydrogen (secondary N) is 1. The first-order valence-corrected chi connectivity index (χ1v) is 12.4. The van der Waals surface area contributed by atoms with E-state index >= 15 is 0 Å². The molecular weight excluding hydrogens is 450 g/mol. The summed E-state index contributed by atoms with van der Waals surface area (Å²) in [5, 5.41) is 12.5. The predicted molar refractivity (Wildman–Crippen MR) is 141 cm³/mol. The van der Waals surface area contributed by atoms with Crippen molar-refractivity contribution in [1.82, 2.24) is 9.80 Å². The van der Waals surface area contributed by atoms with E-state index in [-0.39, 0.29) is 11.8 Å². The fourth-order valence-electron chi connectivity index (χ4n) is 5.17. The number of fused-ring (bicyclic) bond motifs is 1. The third kappa shape index (κ3) is 5.48. The SMILES string of the molecule is COc1ccc(NC(=O)N2CCCN3CC[C@H](c4ccc(C#Cc5ccc(O)cc5)cc4)[C@@H]3C2)cc1. The molecule has 0 aromatic heterocycles. The quantitative estimate of drug-likeness (QED) is 0.523. The second-order valence-electron chi connectivity index (χ2n) is 9.38. The lowest BCUT2D eigenvalue weighted by Gasteiger charge is -2.30. The summed E-state index contributed by atoms with van der Waals surface area (Å²) < 4.78 is 5.21. The van der Waals surface area contributed by atoms with Crippen molar-refractivity contribution in [2.24, 2.45) is 0 Å². The standard InChI is InChI=1S/C30H31N3O3/c1-36-27-15-11-25(12-16-27)31-30(35)33-19-2-18-32-20-17-28(29(32)21-33)24-9-5-22(6-10-24)3-4-23-7-13-26(34)14-8-23/h5-16,28-29,34H,2,17-21H2,1H3,(H,31,35)/t28-,29+/m1/s1. The van der Waals surface area contributed by atoms with Crippen LogP contribution in [0.1, 0.15) is 35.4 Å². The number of carbonyl (C=O) groups is 1. The Morgan fingerprint density at radius 2 is 1.58 bits per heavy atom. The van der Waals surface area contributed by atoms with Crippen molar-refractivity contribution in [1.29, 1.82) is 0 Å². The van der Waals surface area contributed by atoms with Gasteiger partial charge in [-0.3, -0.25) is 4.90 Å². The van der Waals surface area contributed by atoms with E-state index in [2.05, 4.69) is 46.3 Å². The van der Waals surface area contributed by atoms with Crippen LogP contribution in [0.15, 0.2) is 72.8 Å². The number of amides is 2. The summed E-state index contributed by atoms with van der Waals surface area (Å²) in [6.45, 7) is 3.55. The van der Waals surface area contributed by atoms with Gasteiger partial charge in [-0.05, 0) is 85.6 Å². The number of methoxy groups -OCH3 is 1. The molecule has 2 saturated heterocycles. The Hall–Kier alpha value is -3.95. The zero-order valence-corrected chi connectivity index (χ0v) is 20.5. The van der Waals surface area contributed by atoms with Gasteiger partial charge in [0.1, 0.15) is 11.5 Å². The van der Waals surface area contributed by atoms with Gasteiger partial charge < -0.3 is 20.1 Å². The van der Waals surface area contributed by atoms with Gasteiger partial charge in [0.15, 0.2) is 0 Å². The molecular formula is C30H31N3O3. The molecule has 0 saturated carbocycles. The Morgan fingerprint density at radius 1 is 0.917 bits per heavy atom. The van der Waals surface area contributed by atoms with Gasteiger partial charge in [0.2, 0.25) is 0 Å². The number of phenols is 1. The molecule has 36 heavy (non-hydrogen) atoms. The van der Waals surface area contributed by atoms with Crippen molar-refractivity contribution >= 4 is 11.7 Å². The molecule has 0 bridgehead atoms. The van der Waals surface area contributed by atoms with Crippen molar-refractivity contribution in [3.63, 3.8) is 0 Å². The number of hydrogen-bond acceptors (Lipinski definition) is 4. The molecule has 2 aliphatic rings. The van der Waals surface area contributed by atoms with Gasteiger partial charge in [-0.2, -0.15) is 0 Å². The average molecular weight is 482 g/mol. The minimum atomic E-state index is -0.0486. The maximum Gasteiger partial charge on any atom is 0.321 e. The second-order valence-corrected chi connectivity index (χ2v) is 9.38. The summed E-state index contributed by atoms with van der Waals surface area (Å²) in [4.78, 5) is 17.6. The summed E-state index contributed by atoms with van der Waals surface area (Å²) in [6, 6.07) is 23.1. The zero-order chi connectivity index (χ0) is 24.9. The lowest BCUT2D eigenvalue weighted by atomic mass is 9.91. The van der Waals surface area contributed by atoms with E-state index in [1.54, 1.807) is 19.2 Å². The number of nitrogens with zero attached hydrogens (tertiary/aromatic N) is 2. The number of ether oxygens (including phenoxy) is 1. The normalized spacial score (nSPS) is 19.5. The monoisotopic (exact) mass is 481 g/mol. The predicted octanol–water partition coefficient (Wildman–Crippen LogP) is 4.90. The number of benzene rings is 3. The smallest absolute Gasteiger partial charge is 0.321 e. The molecule has 6 nitrogen and oxygen atoms in total. The molecule has 3 aromatic carbocycles. The molecule has 184 valence electrons. The molecule has 2 aliphatic heterocycles. The second kappa shape index (κ2) is 10.8. The van der Waals surface area contributed by atoms with Gasteiger partial charge in [-0.15, -0.1) is 0 Å². The molecule has 0 spiro atoms. The summed E-state index contributed by atoms with van der Waals surface area (Å²) in [7, 11) is 1.63. The van der Waals surface area contributed by atoms with Crippen molar-refractivity contribution in [2.45, 2.75) is 24.8 Å². The Morgan fingerprint density at radius 3 is 2.25 bits per heavy atom. The highest BCUT2D eigenvalue weighted by molar-refractivity contribution is 5.89. The molecule has 0 unspecified atom stereocenters. The van der Waals surface area contributed by atoms with Gasteiger partial charge in [0.05, 0.1) is 7.11 Å². The molecule has 2 fully saturated rings. The van der Waals surface area contributed by atoms with Crippen LogP contribution in [0, 0.1) is 11.8 Å². The summed E-state index contributed by atoms with van der Waals surface area (Å²) in [6.07, 6.45) is 2.07. The zero-order valence-electron chi connectivity index (χ0n) is 20.5. The maximum absolute atomic E-state index is 13.1. The first-order chi connectivity index (χ1) is 17.6. The van der Waals surface area contributed by atoms with Crippen LogP contribution >= 0.6 is 0 Å². The van der Waals surface area contributed by atoms with E-state index in [9.17, 15) is 9.90 Å². The summed E-state index contributed by atoms with van der Waals surface area (Å²) in [5.41, 5.74) is 3.90. The third-order valence-corrected chi connectivity index (χ3v) is 7.13. The Labute approximate surface area is 212 Å². The largest absolute Gasteiger partial charge is 0.508 e. The van der Waals surface area contributed by atoms with Crippen molar-refractivity contribution in [3.05, 3.63) is 89.5 Å². The minimum absolute atomic E-state index is 0.0486. The van der Waals surface area contributed by atoms with Crippen LogP contribution in [-0.2, 0) is 0 Å². The van der Waals surface area contributed by atoms with Crippen LogP contribution in [0.2, 0.25) is 0 Å². The number of aromatic hydroxyl groups is 1. The topological polar surface area (TPSA) is 65.0 Å². The first kappa shape index (κ1) is 23.8. The molecule has 0 radical (unpaired) electrons. The molecule has 2 heterocycles. The number of phenolic OH excluding ortho intramolecular Hbond substituents is 1. The number of anilines is 1. The molecule has 3 aromatic rings. The van der Waals surface area contributed by atoms with Gasteiger partial charge >= 0.3 is 6.03 Å². The Kier molecular flexibility index (Phi) is 7.11. The lowest BCUT2D eigenvalue weighted by molar-refractivity contribution is 0.197. The maximum atomic E-state index is 13.1. The minimum Gasteiger partial charge on any atom is -0.508 e. The van der Waals surface area contributed by atoms with Crippen LogP contribution in [0.4, 0.5) is 10.5 Å². The molecule has 2 atom stereocenters. The van der Waals surface area contributed by atoms with Gasteiger partial charge in [0, 0.05) is 48.4 Å². The van der Waals surface area contributed by atoms with Crippen LogP contribution in [-0.4, -0.2) is 60.3 Å². The lowest BCUT2D eigenvalue weighted by Crippen LogP contribution is -2.43. The average Bonchev–Trinajstić information content (AvgIpc) is 3.18. The first-order valence-electron chi connectivity index (χ1n) is 12.4. The van der Waals surface area contributed by atoms with Crippen molar-refractivity contribution in [2.75, 3.05) is 38.6 Å². The highest BCUT2D eigenvalue weighted by atomic mass is 16.5. The Balaban J connectivity index is 1.26. The van der Waals surface area contributed by atoms with Crippen LogP contribution in [0.3, 0.4) is 0 Å². The Bertz CT molecular complexity index is 1240. The van der Waals surface area contributed by atoms with E-state index in [4.69, 9.17) is 4.74 Å². The van der Waals surface area contributed by atoms with Crippen LogP contribution in [0.5, 0.6) is 11.5 Å². The van der Waals surface area contributed by atoms with Gasteiger partial charge in [0.25, 0.3) is 0 Å². The number of rotatable bonds is 3. The van der Waals surface area contributed by atoms with E-state index in [1.165, 1.54) is 5.56 Å². The highest BCUT2D eigenvalue weighted by Gasteiger charge is 2.38. The van der Waals surface area contributed by atoms with Crippen LogP contribution < -0.4 is 10.1 Å². The summed E-state index contributed by atoms with van der Waals surface area (Å²) >= 11 is 0. The number of urea groups is 1. The molecule has 6 heteroatoms.